The SMILES string of the molecule is Cc1ccc(S(=O)Cc2ccc(-n3cccn3)cc2)nc1. The van der Waals surface area contributed by atoms with Gasteiger partial charge in [-0.1, -0.05) is 18.2 Å². The molecule has 1 unspecified atom stereocenters. The van der Waals surface area contributed by atoms with Crippen molar-refractivity contribution in [3.05, 3.63) is 72.2 Å². The van der Waals surface area contributed by atoms with Crippen molar-refractivity contribution in [2.24, 2.45) is 0 Å². The van der Waals surface area contributed by atoms with Gasteiger partial charge in [0, 0.05) is 18.6 Å². The third-order valence-corrected chi connectivity index (χ3v) is 4.42. The Morgan fingerprint density at radius 3 is 2.57 bits per heavy atom. The molecule has 4 nitrogen and oxygen atoms in total. The lowest BCUT2D eigenvalue weighted by atomic mass is 10.2. The topological polar surface area (TPSA) is 47.8 Å². The highest BCUT2D eigenvalue weighted by molar-refractivity contribution is 7.84. The third-order valence-electron chi connectivity index (χ3n) is 3.12. The molecule has 0 aliphatic heterocycles. The molecular formula is C16H15N3OS. The minimum absolute atomic E-state index is 0.468. The highest BCUT2D eigenvalue weighted by atomic mass is 32.2. The van der Waals surface area contributed by atoms with Gasteiger partial charge in [0.1, 0.15) is 5.03 Å². The maximum absolute atomic E-state index is 12.3. The van der Waals surface area contributed by atoms with Gasteiger partial charge in [-0.3, -0.25) is 4.21 Å². The van der Waals surface area contributed by atoms with Gasteiger partial charge in [0.25, 0.3) is 0 Å². The van der Waals surface area contributed by atoms with Gasteiger partial charge < -0.3 is 0 Å². The van der Waals surface area contributed by atoms with Crippen molar-refractivity contribution in [2.45, 2.75) is 17.7 Å². The van der Waals surface area contributed by atoms with Crippen LogP contribution in [0.5, 0.6) is 0 Å². The van der Waals surface area contributed by atoms with Gasteiger partial charge in [0.05, 0.1) is 22.2 Å². The molecule has 0 fully saturated rings. The van der Waals surface area contributed by atoms with Gasteiger partial charge >= 0.3 is 0 Å². The van der Waals surface area contributed by atoms with Gasteiger partial charge in [-0.2, -0.15) is 5.10 Å². The van der Waals surface area contributed by atoms with Crippen molar-refractivity contribution in [1.82, 2.24) is 14.8 Å². The predicted molar refractivity (Wildman–Crippen MR) is 82.7 cm³/mol. The summed E-state index contributed by atoms with van der Waals surface area (Å²) in [6, 6.07) is 13.5. The lowest BCUT2D eigenvalue weighted by molar-refractivity contribution is 0.679. The van der Waals surface area contributed by atoms with Gasteiger partial charge in [0.2, 0.25) is 0 Å². The molecule has 0 N–H and O–H groups in total. The average Bonchev–Trinajstić information content (AvgIpc) is 3.03. The summed E-state index contributed by atoms with van der Waals surface area (Å²) in [5.41, 5.74) is 3.08. The number of aromatic nitrogens is 3. The molecule has 0 amide bonds. The van der Waals surface area contributed by atoms with E-state index in [1.807, 2.05) is 55.6 Å². The summed E-state index contributed by atoms with van der Waals surface area (Å²) in [5, 5.41) is 4.80. The van der Waals surface area contributed by atoms with Crippen LogP contribution in [0, 0.1) is 6.92 Å². The summed E-state index contributed by atoms with van der Waals surface area (Å²) in [6.45, 7) is 1.97. The Morgan fingerprint density at radius 2 is 1.95 bits per heavy atom. The molecule has 3 aromatic rings. The second-order valence-corrected chi connectivity index (χ2v) is 6.18. The van der Waals surface area contributed by atoms with Crippen molar-refractivity contribution in [3.8, 4) is 5.69 Å². The lowest BCUT2D eigenvalue weighted by Crippen LogP contribution is -2.00. The largest absolute Gasteiger partial charge is 0.252 e. The standard InChI is InChI=1S/C16H15N3OS/c1-13-3-8-16(17-11-13)21(20)12-14-4-6-15(7-5-14)19-10-2-9-18-19/h2-11H,12H2,1H3. The van der Waals surface area contributed by atoms with E-state index in [-0.39, 0.29) is 0 Å². The van der Waals surface area contributed by atoms with E-state index in [1.54, 1.807) is 17.1 Å². The summed E-state index contributed by atoms with van der Waals surface area (Å²) >= 11 is 0. The first kappa shape index (κ1) is 13.7. The zero-order valence-electron chi connectivity index (χ0n) is 11.6. The van der Waals surface area contributed by atoms with Crippen molar-refractivity contribution >= 4 is 10.8 Å². The summed E-state index contributed by atoms with van der Waals surface area (Å²) in [5.74, 6) is 0.468. The maximum atomic E-state index is 12.3. The molecule has 3 rings (SSSR count). The summed E-state index contributed by atoms with van der Waals surface area (Å²) in [6.07, 6.45) is 5.38. The lowest BCUT2D eigenvalue weighted by Gasteiger charge is -2.05. The van der Waals surface area contributed by atoms with E-state index in [0.717, 1.165) is 16.8 Å². The molecule has 1 atom stereocenters. The molecule has 0 bridgehead atoms. The number of hydrogen-bond acceptors (Lipinski definition) is 3. The van der Waals surface area contributed by atoms with E-state index in [9.17, 15) is 4.21 Å². The first-order valence-corrected chi connectivity index (χ1v) is 7.94. The number of hydrogen-bond donors (Lipinski definition) is 0. The Balaban J connectivity index is 1.73. The van der Waals surface area contributed by atoms with Crippen LogP contribution in [-0.4, -0.2) is 19.0 Å². The fraction of sp³-hybridized carbons (Fsp3) is 0.125. The minimum Gasteiger partial charge on any atom is -0.252 e. The number of aryl methyl sites for hydroxylation is 1. The summed E-state index contributed by atoms with van der Waals surface area (Å²) in [4.78, 5) is 4.22. The van der Waals surface area contributed by atoms with Crippen molar-refractivity contribution < 1.29 is 4.21 Å². The van der Waals surface area contributed by atoms with E-state index >= 15 is 0 Å². The second-order valence-electron chi connectivity index (χ2n) is 4.78. The zero-order chi connectivity index (χ0) is 14.7. The van der Waals surface area contributed by atoms with E-state index in [0.29, 0.717) is 10.8 Å². The van der Waals surface area contributed by atoms with Gasteiger partial charge in [-0.15, -0.1) is 0 Å². The molecule has 2 aromatic heterocycles. The molecule has 0 saturated carbocycles. The Hall–Kier alpha value is -2.27. The molecule has 0 spiro atoms. The van der Waals surface area contributed by atoms with Crippen LogP contribution in [0.3, 0.4) is 0 Å². The fourth-order valence-corrected chi connectivity index (χ4v) is 3.01. The molecule has 0 aliphatic rings. The van der Waals surface area contributed by atoms with Crippen LogP contribution in [0.25, 0.3) is 5.69 Å². The number of nitrogens with zero attached hydrogens (tertiary/aromatic N) is 3. The van der Waals surface area contributed by atoms with E-state index < -0.39 is 10.8 Å². The minimum atomic E-state index is -1.12. The third kappa shape index (κ3) is 3.25. The Morgan fingerprint density at radius 1 is 1.14 bits per heavy atom. The fourth-order valence-electron chi connectivity index (χ4n) is 1.98. The van der Waals surface area contributed by atoms with Crippen LogP contribution in [0.15, 0.2) is 66.1 Å². The van der Waals surface area contributed by atoms with E-state index in [1.165, 1.54) is 0 Å². The quantitative estimate of drug-likeness (QED) is 0.744. The summed E-state index contributed by atoms with van der Waals surface area (Å²) in [7, 11) is -1.12. The number of benzene rings is 1. The monoisotopic (exact) mass is 297 g/mol. The second kappa shape index (κ2) is 6.01. The van der Waals surface area contributed by atoms with Crippen LogP contribution in [-0.2, 0) is 16.6 Å². The molecule has 2 heterocycles. The predicted octanol–water partition coefficient (Wildman–Crippen LogP) is 2.88. The van der Waals surface area contributed by atoms with Crippen LogP contribution in [0.2, 0.25) is 0 Å². The van der Waals surface area contributed by atoms with Crippen LogP contribution in [0.1, 0.15) is 11.1 Å². The van der Waals surface area contributed by atoms with Crippen LogP contribution < -0.4 is 0 Å². The zero-order valence-corrected chi connectivity index (χ0v) is 12.5. The molecule has 0 radical (unpaired) electrons. The van der Waals surface area contributed by atoms with Crippen LogP contribution >= 0.6 is 0 Å². The first-order chi connectivity index (χ1) is 10.2. The van der Waals surface area contributed by atoms with Gasteiger partial charge in [0.15, 0.2) is 0 Å². The summed E-state index contributed by atoms with van der Waals surface area (Å²) < 4.78 is 14.1. The molecule has 1 aromatic carbocycles. The molecule has 0 saturated heterocycles. The highest BCUT2D eigenvalue weighted by Gasteiger charge is 2.06. The Labute approximate surface area is 125 Å². The average molecular weight is 297 g/mol. The Kier molecular flexibility index (Phi) is 3.92. The molecule has 21 heavy (non-hydrogen) atoms. The molecule has 0 aliphatic carbocycles. The smallest absolute Gasteiger partial charge is 0.127 e. The van der Waals surface area contributed by atoms with E-state index in [4.69, 9.17) is 0 Å². The molecule has 106 valence electrons. The normalized spacial score (nSPS) is 12.2. The van der Waals surface area contributed by atoms with Crippen molar-refractivity contribution in [2.75, 3.05) is 0 Å². The maximum Gasteiger partial charge on any atom is 0.127 e. The Bertz CT molecular complexity index is 734. The van der Waals surface area contributed by atoms with E-state index in [2.05, 4.69) is 10.1 Å². The van der Waals surface area contributed by atoms with Gasteiger partial charge in [-0.25, -0.2) is 9.67 Å². The highest BCUT2D eigenvalue weighted by Crippen LogP contribution is 2.13. The van der Waals surface area contributed by atoms with Crippen LogP contribution in [0.4, 0.5) is 0 Å². The van der Waals surface area contributed by atoms with Gasteiger partial charge in [-0.05, 0) is 42.3 Å². The van der Waals surface area contributed by atoms with Crippen molar-refractivity contribution in [1.29, 1.82) is 0 Å². The van der Waals surface area contributed by atoms with Crippen molar-refractivity contribution in [3.63, 3.8) is 0 Å². The number of rotatable bonds is 4. The first-order valence-electron chi connectivity index (χ1n) is 6.62. The molecule has 5 heteroatoms. The molecular weight excluding hydrogens is 282 g/mol. The number of pyridine rings is 1.